The van der Waals surface area contributed by atoms with Crippen molar-refractivity contribution in [2.75, 3.05) is 13.2 Å². The van der Waals surface area contributed by atoms with E-state index in [1.807, 2.05) is 57.2 Å². The van der Waals surface area contributed by atoms with Gasteiger partial charge in [-0.2, -0.15) is 0 Å². The van der Waals surface area contributed by atoms with Gasteiger partial charge in [0.2, 0.25) is 5.89 Å². The van der Waals surface area contributed by atoms with E-state index in [4.69, 9.17) is 30.2 Å². The molecule has 6 nitrogen and oxygen atoms in total. The third-order valence-corrected chi connectivity index (χ3v) is 5.21. The molecule has 0 spiro atoms. The van der Waals surface area contributed by atoms with Gasteiger partial charge in [-0.15, -0.1) is 0 Å². The summed E-state index contributed by atoms with van der Waals surface area (Å²) in [5.41, 5.74) is 3.55. The lowest BCUT2D eigenvalue weighted by Gasteiger charge is -2.17. The minimum atomic E-state index is -0.617. The molecule has 7 heteroatoms. The first-order chi connectivity index (χ1) is 15.4. The van der Waals surface area contributed by atoms with Gasteiger partial charge in [-0.25, -0.2) is 9.78 Å². The summed E-state index contributed by atoms with van der Waals surface area (Å²) in [7, 11) is 0. The molecular weight excluding hydrogens is 430 g/mol. The van der Waals surface area contributed by atoms with Gasteiger partial charge in [-0.1, -0.05) is 23.7 Å². The van der Waals surface area contributed by atoms with Crippen LogP contribution in [0.1, 0.15) is 36.4 Å². The summed E-state index contributed by atoms with van der Waals surface area (Å²) >= 11 is 6.06. The lowest BCUT2D eigenvalue weighted by molar-refractivity contribution is -0.156. The summed E-state index contributed by atoms with van der Waals surface area (Å²) in [6.45, 7) is 8.53. The average Bonchev–Trinajstić information content (AvgIpc) is 3.14. The van der Waals surface area contributed by atoms with E-state index in [2.05, 4.69) is 4.98 Å². The molecule has 0 aliphatic rings. The molecule has 0 aliphatic carbocycles. The van der Waals surface area contributed by atoms with Gasteiger partial charge >= 0.3 is 5.97 Å². The van der Waals surface area contributed by atoms with Crippen LogP contribution < -0.4 is 4.74 Å². The fourth-order valence-electron chi connectivity index (χ4n) is 3.29. The number of aryl methyl sites for hydroxylation is 2. The highest BCUT2D eigenvalue weighted by molar-refractivity contribution is 6.30. The number of carbonyl (C=O) groups is 1. The van der Waals surface area contributed by atoms with E-state index in [1.54, 1.807) is 13.0 Å². The van der Waals surface area contributed by atoms with Crippen molar-refractivity contribution in [3.05, 3.63) is 70.1 Å². The maximum atomic E-state index is 12.1. The normalized spacial score (nSPS) is 11.9. The van der Waals surface area contributed by atoms with Gasteiger partial charge in [0.1, 0.15) is 23.8 Å². The molecule has 1 aromatic heterocycles. The van der Waals surface area contributed by atoms with Gasteiger partial charge in [-0.3, -0.25) is 0 Å². The second kappa shape index (κ2) is 11.2. The second-order valence-electron chi connectivity index (χ2n) is 7.31. The van der Waals surface area contributed by atoms with Gasteiger partial charge in [0.05, 0.1) is 6.61 Å². The first-order valence-electron chi connectivity index (χ1n) is 10.6. The number of hydrogen-bond donors (Lipinski definition) is 0. The van der Waals surface area contributed by atoms with E-state index in [0.29, 0.717) is 42.1 Å². The summed E-state index contributed by atoms with van der Waals surface area (Å²) in [5, 5.41) is 0.626. The Morgan fingerprint density at radius 2 is 1.94 bits per heavy atom. The molecule has 1 unspecified atom stereocenters. The molecule has 0 radical (unpaired) electrons. The molecule has 2 aromatic carbocycles. The van der Waals surface area contributed by atoms with Crippen molar-refractivity contribution in [1.29, 1.82) is 0 Å². The number of carbonyl (C=O) groups excluding carboxylic acids is 1. The fraction of sp³-hybridized carbons (Fsp3) is 0.360. The number of benzene rings is 2. The molecule has 1 heterocycles. The molecule has 3 aromatic rings. The standard InChI is InChI=1S/C25H28ClNO5/c1-5-29-23(25(28)30-6-2)14-18-10-11-21(12-16(18)3)31-15-22-17(4)32-24(27-22)19-8-7-9-20(26)13-19/h7-13,23H,5-6,14-15H2,1-4H3. The van der Waals surface area contributed by atoms with Gasteiger partial charge in [-0.05, 0) is 69.2 Å². The van der Waals surface area contributed by atoms with Gasteiger partial charge in [0.25, 0.3) is 0 Å². The van der Waals surface area contributed by atoms with Crippen molar-refractivity contribution < 1.29 is 23.4 Å². The van der Waals surface area contributed by atoms with E-state index >= 15 is 0 Å². The van der Waals surface area contributed by atoms with Crippen LogP contribution in [-0.2, 0) is 27.3 Å². The predicted octanol–water partition coefficient (Wildman–Crippen LogP) is 5.70. The van der Waals surface area contributed by atoms with Crippen molar-refractivity contribution in [2.45, 2.75) is 46.8 Å². The number of hydrogen-bond acceptors (Lipinski definition) is 6. The Morgan fingerprint density at radius 3 is 2.62 bits per heavy atom. The minimum absolute atomic E-state index is 0.277. The summed E-state index contributed by atoms with van der Waals surface area (Å²) in [4.78, 5) is 16.7. The molecule has 0 saturated carbocycles. The Bertz CT molecular complexity index is 1060. The van der Waals surface area contributed by atoms with E-state index in [0.717, 1.165) is 22.4 Å². The van der Waals surface area contributed by atoms with E-state index < -0.39 is 6.10 Å². The summed E-state index contributed by atoms with van der Waals surface area (Å²) in [6, 6.07) is 13.1. The number of esters is 1. The molecule has 0 saturated heterocycles. The molecule has 1 atom stereocenters. The van der Waals surface area contributed by atoms with Crippen LogP contribution in [0.2, 0.25) is 5.02 Å². The highest BCUT2D eigenvalue weighted by atomic mass is 35.5. The number of aromatic nitrogens is 1. The Labute approximate surface area is 193 Å². The third kappa shape index (κ3) is 6.11. The van der Waals surface area contributed by atoms with Crippen LogP contribution in [0.25, 0.3) is 11.5 Å². The quantitative estimate of drug-likeness (QED) is 0.363. The zero-order valence-corrected chi connectivity index (χ0v) is 19.6. The first-order valence-corrected chi connectivity index (χ1v) is 11.0. The Balaban J connectivity index is 1.67. The number of rotatable bonds is 10. The smallest absolute Gasteiger partial charge is 0.335 e. The average molecular weight is 458 g/mol. The van der Waals surface area contributed by atoms with Crippen molar-refractivity contribution in [3.8, 4) is 17.2 Å². The molecule has 170 valence electrons. The minimum Gasteiger partial charge on any atom is -0.487 e. The Kier molecular flexibility index (Phi) is 8.31. The van der Waals surface area contributed by atoms with E-state index in [-0.39, 0.29) is 12.6 Å². The molecule has 3 rings (SSSR count). The number of ether oxygens (including phenoxy) is 3. The van der Waals surface area contributed by atoms with Crippen molar-refractivity contribution >= 4 is 17.6 Å². The first kappa shape index (κ1) is 23.8. The summed E-state index contributed by atoms with van der Waals surface area (Å²) in [6.07, 6.45) is -0.169. The van der Waals surface area contributed by atoms with Crippen LogP contribution in [0.15, 0.2) is 46.9 Å². The molecule has 32 heavy (non-hydrogen) atoms. The fourth-order valence-corrected chi connectivity index (χ4v) is 3.48. The second-order valence-corrected chi connectivity index (χ2v) is 7.75. The summed E-state index contributed by atoms with van der Waals surface area (Å²) < 4.78 is 22.4. The van der Waals surface area contributed by atoms with Crippen LogP contribution in [0.4, 0.5) is 0 Å². The maximum Gasteiger partial charge on any atom is 0.335 e. The van der Waals surface area contributed by atoms with Gasteiger partial charge in [0, 0.05) is 23.6 Å². The molecular formula is C25H28ClNO5. The summed E-state index contributed by atoms with van der Waals surface area (Å²) in [5.74, 6) is 1.58. The number of nitrogens with zero attached hydrogens (tertiary/aromatic N) is 1. The van der Waals surface area contributed by atoms with Crippen molar-refractivity contribution in [3.63, 3.8) is 0 Å². The maximum absolute atomic E-state index is 12.1. The van der Waals surface area contributed by atoms with Crippen molar-refractivity contribution in [2.24, 2.45) is 0 Å². The van der Waals surface area contributed by atoms with E-state index in [9.17, 15) is 4.79 Å². The molecule has 0 aliphatic heterocycles. The van der Waals surface area contributed by atoms with Crippen LogP contribution in [0.3, 0.4) is 0 Å². The lowest BCUT2D eigenvalue weighted by Crippen LogP contribution is -2.29. The largest absolute Gasteiger partial charge is 0.487 e. The van der Waals surface area contributed by atoms with Gasteiger partial charge in [0.15, 0.2) is 6.10 Å². The van der Waals surface area contributed by atoms with Crippen LogP contribution >= 0.6 is 11.6 Å². The topological polar surface area (TPSA) is 70.8 Å². The lowest BCUT2D eigenvalue weighted by atomic mass is 10.0. The highest BCUT2D eigenvalue weighted by Crippen LogP contribution is 2.26. The van der Waals surface area contributed by atoms with Crippen LogP contribution in [-0.4, -0.2) is 30.3 Å². The number of oxazole rings is 1. The third-order valence-electron chi connectivity index (χ3n) is 4.98. The monoisotopic (exact) mass is 457 g/mol. The van der Waals surface area contributed by atoms with E-state index in [1.165, 1.54) is 0 Å². The van der Waals surface area contributed by atoms with Gasteiger partial charge < -0.3 is 18.6 Å². The van der Waals surface area contributed by atoms with Crippen LogP contribution in [0.5, 0.6) is 5.75 Å². The molecule has 0 amide bonds. The zero-order valence-electron chi connectivity index (χ0n) is 18.8. The predicted molar refractivity (Wildman–Crippen MR) is 123 cm³/mol. The SMILES string of the molecule is CCOC(=O)C(Cc1ccc(OCc2nc(-c3cccc(Cl)c3)oc2C)cc1C)OCC. The highest BCUT2D eigenvalue weighted by Gasteiger charge is 2.21. The Hall–Kier alpha value is -2.83. The number of halogens is 1. The Morgan fingerprint density at radius 1 is 1.12 bits per heavy atom. The van der Waals surface area contributed by atoms with Crippen molar-refractivity contribution in [1.82, 2.24) is 4.98 Å². The molecule has 0 N–H and O–H groups in total. The molecule has 0 bridgehead atoms. The van der Waals surface area contributed by atoms with Crippen LogP contribution in [0, 0.1) is 13.8 Å². The molecule has 0 fully saturated rings. The zero-order chi connectivity index (χ0) is 23.1.